The van der Waals surface area contributed by atoms with Crippen LogP contribution in [0, 0.1) is 0 Å². The van der Waals surface area contributed by atoms with Gasteiger partial charge in [-0.15, -0.1) is 0 Å². The van der Waals surface area contributed by atoms with Crippen molar-refractivity contribution < 1.29 is 23.2 Å². The summed E-state index contributed by atoms with van der Waals surface area (Å²) in [6.07, 6.45) is 0. The number of phenols is 2. The van der Waals surface area contributed by atoms with Gasteiger partial charge >= 0.3 is 11.4 Å². The van der Waals surface area contributed by atoms with Crippen LogP contribution in [0.1, 0.15) is 0 Å². The minimum atomic E-state index is -2.51. The molecule has 1 unspecified atom stereocenters. The highest BCUT2D eigenvalue weighted by Gasteiger charge is 2.05. The molecular weight excluding hydrogens is 184 g/mol. The first-order chi connectivity index (χ1) is 5.59. The van der Waals surface area contributed by atoms with Crippen LogP contribution in [0.3, 0.4) is 0 Å². The van der Waals surface area contributed by atoms with E-state index in [4.69, 9.17) is 14.8 Å². The first kappa shape index (κ1) is 8.82. The number of phenolic OH excluding ortho intramolecular Hbond substituents is 2. The molecular formula is C6H6O5S. The number of benzene rings is 1. The van der Waals surface area contributed by atoms with Gasteiger partial charge in [0.1, 0.15) is 5.75 Å². The molecule has 0 aliphatic carbocycles. The maximum absolute atomic E-state index is 10.1. The molecule has 0 aliphatic heterocycles. The SMILES string of the molecule is O=S(O)Oc1cc(O)ccc1O. The highest BCUT2D eigenvalue weighted by atomic mass is 32.2. The molecule has 0 heterocycles. The van der Waals surface area contributed by atoms with Crippen molar-refractivity contribution in [2.75, 3.05) is 0 Å². The molecule has 5 nitrogen and oxygen atoms in total. The van der Waals surface area contributed by atoms with Crippen LogP contribution in [-0.2, 0) is 11.4 Å². The largest absolute Gasteiger partial charge is 0.508 e. The van der Waals surface area contributed by atoms with Crippen LogP contribution in [0.5, 0.6) is 17.2 Å². The van der Waals surface area contributed by atoms with Crippen molar-refractivity contribution in [1.29, 1.82) is 0 Å². The van der Waals surface area contributed by atoms with Crippen molar-refractivity contribution in [3.8, 4) is 17.2 Å². The number of hydrogen-bond donors (Lipinski definition) is 3. The molecule has 0 saturated carbocycles. The van der Waals surface area contributed by atoms with Crippen molar-refractivity contribution in [2.24, 2.45) is 0 Å². The Balaban J connectivity index is 2.97. The van der Waals surface area contributed by atoms with E-state index in [0.29, 0.717) is 0 Å². The fourth-order valence-corrected chi connectivity index (χ4v) is 0.933. The lowest BCUT2D eigenvalue weighted by atomic mass is 10.3. The molecule has 12 heavy (non-hydrogen) atoms. The van der Waals surface area contributed by atoms with Gasteiger partial charge in [0, 0.05) is 6.07 Å². The van der Waals surface area contributed by atoms with Gasteiger partial charge in [-0.3, -0.25) is 4.55 Å². The summed E-state index contributed by atoms with van der Waals surface area (Å²) in [6.45, 7) is 0. The summed E-state index contributed by atoms with van der Waals surface area (Å²) in [5.41, 5.74) is 0. The third kappa shape index (κ3) is 2.11. The number of aromatic hydroxyl groups is 2. The highest BCUT2D eigenvalue weighted by Crippen LogP contribution is 2.29. The van der Waals surface area contributed by atoms with Crippen LogP contribution >= 0.6 is 0 Å². The third-order valence-corrected chi connectivity index (χ3v) is 1.43. The van der Waals surface area contributed by atoms with Gasteiger partial charge in [-0.2, -0.15) is 4.21 Å². The van der Waals surface area contributed by atoms with Gasteiger partial charge in [-0.05, 0) is 12.1 Å². The van der Waals surface area contributed by atoms with Crippen molar-refractivity contribution in [3.05, 3.63) is 18.2 Å². The summed E-state index contributed by atoms with van der Waals surface area (Å²) in [6, 6.07) is 3.41. The monoisotopic (exact) mass is 190 g/mol. The lowest BCUT2D eigenvalue weighted by Crippen LogP contribution is -1.97. The summed E-state index contributed by atoms with van der Waals surface area (Å²) in [5.74, 6) is -0.709. The molecule has 0 fully saturated rings. The van der Waals surface area contributed by atoms with Gasteiger partial charge < -0.3 is 14.4 Å². The van der Waals surface area contributed by atoms with Gasteiger partial charge in [0.2, 0.25) is 0 Å². The summed E-state index contributed by atoms with van der Waals surface area (Å²) in [4.78, 5) is 0. The molecule has 0 radical (unpaired) electrons. The summed E-state index contributed by atoms with van der Waals surface area (Å²) in [7, 11) is 0. The van der Waals surface area contributed by atoms with Crippen LogP contribution in [0.25, 0.3) is 0 Å². The topological polar surface area (TPSA) is 87.0 Å². The van der Waals surface area contributed by atoms with Crippen LogP contribution in [-0.4, -0.2) is 19.0 Å². The first-order valence-electron chi connectivity index (χ1n) is 2.91. The third-order valence-electron chi connectivity index (χ3n) is 1.10. The van der Waals surface area contributed by atoms with Gasteiger partial charge in [0.15, 0.2) is 11.5 Å². The summed E-state index contributed by atoms with van der Waals surface area (Å²) < 4.78 is 22.7. The van der Waals surface area contributed by atoms with E-state index in [9.17, 15) is 4.21 Å². The van der Waals surface area contributed by atoms with Crippen LogP contribution in [0.4, 0.5) is 0 Å². The Labute approximate surface area is 70.7 Å². The Morgan fingerprint density at radius 1 is 1.33 bits per heavy atom. The summed E-state index contributed by atoms with van der Waals surface area (Å²) >= 11 is -2.51. The molecule has 1 aromatic carbocycles. The second kappa shape index (κ2) is 3.42. The maximum atomic E-state index is 10.1. The van der Waals surface area contributed by atoms with Gasteiger partial charge in [-0.25, -0.2) is 0 Å². The lowest BCUT2D eigenvalue weighted by molar-refractivity contribution is 0.411. The molecule has 1 aromatic rings. The molecule has 0 spiro atoms. The molecule has 0 saturated heterocycles. The van der Waals surface area contributed by atoms with E-state index >= 15 is 0 Å². The smallest absolute Gasteiger partial charge is 0.357 e. The molecule has 6 heteroatoms. The molecule has 3 N–H and O–H groups in total. The Morgan fingerprint density at radius 2 is 2.00 bits per heavy atom. The van der Waals surface area contributed by atoms with Crippen LogP contribution < -0.4 is 4.18 Å². The molecule has 0 aromatic heterocycles. The van der Waals surface area contributed by atoms with Crippen molar-refractivity contribution >= 4 is 11.4 Å². The quantitative estimate of drug-likeness (QED) is 0.470. The fraction of sp³-hybridized carbons (Fsp3) is 0. The van der Waals surface area contributed by atoms with Crippen molar-refractivity contribution in [3.63, 3.8) is 0 Å². The van der Waals surface area contributed by atoms with E-state index < -0.39 is 11.4 Å². The minimum absolute atomic E-state index is 0.159. The highest BCUT2D eigenvalue weighted by molar-refractivity contribution is 7.74. The first-order valence-corrected chi connectivity index (χ1v) is 3.94. The second-order valence-corrected chi connectivity index (χ2v) is 2.55. The van der Waals surface area contributed by atoms with Crippen LogP contribution in [0.2, 0.25) is 0 Å². The Bertz CT molecular complexity index is 311. The zero-order chi connectivity index (χ0) is 9.14. The van der Waals surface area contributed by atoms with E-state index in [0.717, 1.165) is 12.1 Å². The Morgan fingerprint density at radius 3 is 2.58 bits per heavy atom. The van der Waals surface area contributed by atoms with E-state index in [1.807, 2.05) is 0 Å². The Kier molecular flexibility index (Phi) is 2.51. The maximum Gasteiger partial charge on any atom is 0.357 e. The fourth-order valence-electron chi connectivity index (χ4n) is 0.646. The molecule has 0 aliphatic rings. The average Bonchev–Trinajstić information content (AvgIpc) is 1.96. The average molecular weight is 190 g/mol. The van der Waals surface area contributed by atoms with Crippen LogP contribution in [0.15, 0.2) is 18.2 Å². The van der Waals surface area contributed by atoms with E-state index in [1.54, 1.807) is 0 Å². The molecule has 66 valence electrons. The van der Waals surface area contributed by atoms with Gasteiger partial charge in [-0.1, -0.05) is 0 Å². The molecule has 1 atom stereocenters. The molecule has 1 rings (SSSR count). The van der Waals surface area contributed by atoms with E-state index in [-0.39, 0.29) is 17.2 Å². The molecule has 0 amide bonds. The Hall–Kier alpha value is -1.27. The predicted molar refractivity (Wildman–Crippen MR) is 41.2 cm³/mol. The number of hydrogen-bond acceptors (Lipinski definition) is 4. The van der Waals surface area contributed by atoms with Crippen molar-refractivity contribution in [1.82, 2.24) is 0 Å². The predicted octanol–water partition coefficient (Wildman–Crippen LogP) is 0.613. The zero-order valence-corrected chi connectivity index (χ0v) is 6.61. The normalized spacial score (nSPS) is 12.4. The van der Waals surface area contributed by atoms with E-state index in [2.05, 4.69) is 4.18 Å². The standard InChI is InChI=1S/C6H6O5S/c7-4-1-2-5(8)6(3-4)11-12(9)10/h1-3,7-8H,(H,9,10). The zero-order valence-electron chi connectivity index (χ0n) is 5.80. The lowest BCUT2D eigenvalue weighted by Gasteiger charge is -2.02. The molecule has 0 bridgehead atoms. The summed E-state index contributed by atoms with van der Waals surface area (Å²) in [5, 5.41) is 17.9. The van der Waals surface area contributed by atoms with Crippen molar-refractivity contribution in [2.45, 2.75) is 0 Å². The number of rotatable bonds is 2. The van der Waals surface area contributed by atoms with Gasteiger partial charge in [0.05, 0.1) is 0 Å². The van der Waals surface area contributed by atoms with E-state index in [1.165, 1.54) is 6.07 Å². The second-order valence-electron chi connectivity index (χ2n) is 1.95. The van der Waals surface area contributed by atoms with Gasteiger partial charge in [0.25, 0.3) is 0 Å². The minimum Gasteiger partial charge on any atom is -0.508 e.